The van der Waals surface area contributed by atoms with Crippen molar-refractivity contribution in [3.63, 3.8) is 0 Å². The number of benzene rings is 2. The molecule has 1 amide bonds. The largest absolute Gasteiger partial charge is 0.322 e. The number of hydrogen-bond donors (Lipinski definition) is 1. The molecule has 5 heteroatoms. The van der Waals surface area contributed by atoms with E-state index in [1.807, 2.05) is 74.5 Å². The van der Waals surface area contributed by atoms with E-state index in [1.54, 1.807) is 11.3 Å². The Labute approximate surface area is 155 Å². The summed E-state index contributed by atoms with van der Waals surface area (Å²) in [6, 6.07) is 19.2. The number of aryl methyl sites for hydroxylation is 2. The van der Waals surface area contributed by atoms with Crippen molar-refractivity contribution in [3.05, 3.63) is 76.9 Å². The summed E-state index contributed by atoms with van der Waals surface area (Å²) in [4.78, 5) is 21.5. The lowest BCUT2D eigenvalue weighted by Crippen LogP contribution is -2.11. The summed E-state index contributed by atoms with van der Waals surface area (Å²) >= 11 is 1.65. The van der Waals surface area contributed by atoms with Crippen molar-refractivity contribution in [2.45, 2.75) is 13.8 Å². The summed E-state index contributed by atoms with van der Waals surface area (Å²) in [6.07, 6.45) is 0. The summed E-state index contributed by atoms with van der Waals surface area (Å²) in [5.74, 6) is -0.139. The monoisotopic (exact) mass is 359 g/mol. The molecule has 1 N–H and O–H groups in total. The highest BCUT2D eigenvalue weighted by molar-refractivity contribution is 7.18. The normalized spacial score (nSPS) is 10.8. The molecular weight excluding hydrogens is 342 g/mol. The van der Waals surface area contributed by atoms with Crippen molar-refractivity contribution in [1.29, 1.82) is 0 Å². The third-order valence-electron chi connectivity index (χ3n) is 4.08. The third kappa shape index (κ3) is 3.34. The molecule has 0 aliphatic heterocycles. The number of anilines is 1. The van der Waals surface area contributed by atoms with Crippen molar-refractivity contribution in [3.8, 4) is 11.3 Å². The summed E-state index contributed by atoms with van der Waals surface area (Å²) in [6.45, 7) is 3.94. The molecule has 0 bridgehead atoms. The summed E-state index contributed by atoms with van der Waals surface area (Å²) in [7, 11) is 0. The van der Waals surface area contributed by atoms with Crippen LogP contribution in [0.3, 0.4) is 0 Å². The van der Waals surface area contributed by atoms with Crippen LogP contribution in [0.1, 0.15) is 21.1 Å². The van der Waals surface area contributed by atoms with Gasteiger partial charge in [0.25, 0.3) is 5.91 Å². The van der Waals surface area contributed by atoms with Gasteiger partial charge < -0.3 is 5.32 Å². The van der Waals surface area contributed by atoms with Crippen LogP contribution in [-0.4, -0.2) is 15.9 Å². The Bertz CT molecular complexity index is 1100. The maximum atomic E-state index is 12.5. The Morgan fingerprint density at radius 3 is 2.54 bits per heavy atom. The molecule has 0 aliphatic rings. The predicted molar refractivity (Wildman–Crippen MR) is 107 cm³/mol. The molecule has 2 aromatic carbocycles. The number of aromatic nitrogens is 2. The first-order valence-electron chi connectivity index (χ1n) is 8.31. The van der Waals surface area contributed by atoms with Crippen molar-refractivity contribution in [2.75, 3.05) is 5.32 Å². The number of carbonyl (C=O) groups is 1. The predicted octanol–water partition coefficient (Wildman–Crippen LogP) is 5.23. The topological polar surface area (TPSA) is 54.9 Å². The van der Waals surface area contributed by atoms with Crippen LogP contribution in [0.4, 0.5) is 5.69 Å². The fraction of sp³-hybridized carbons (Fsp3) is 0.0952. The van der Waals surface area contributed by atoms with Crippen molar-refractivity contribution < 1.29 is 4.79 Å². The maximum absolute atomic E-state index is 12.5. The number of pyridine rings is 1. The molecule has 2 aromatic heterocycles. The quantitative estimate of drug-likeness (QED) is 0.545. The fourth-order valence-corrected chi connectivity index (χ4v) is 3.63. The highest BCUT2D eigenvalue weighted by Gasteiger charge is 2.09. The molecule has 0 atom stereocenters. The lowest BCUT2D eigenvalue weighted by Gasteiger charge is -2.07. The van der Waals surface area contributed by atoms with Gasteiger partial charge in [0.15, 0.2) is 0 Å². The van der Waals surface area contributed by atoms with Crippen molar-refractivity contribution in [1.82, 2.24) is 9.97 Å². The number of rotatable bonds is 3. The SMILES string of the molecule is Cc1cccc(-c2ccc(C(=O)Nc3ccc4sc(C)nc4c3)cc2)n1. The van der Waals surface area contributed by atoms with E-state index < -0.39 is 0 Å². The molecule has 4 aromatic rings. The van der Waals surface area contributed by atoms with Crippen LogP contribution in [0, 0.1) is 13.8 Å². The molecule has 2 heterocycles. The van der Waals surface area contributed by atoms with Crippen molar-refractivity contribution in [2.24, 2.45) is 0 Å². The van der Waals surface area contributed by atoms with Gasteiger partial charge in [-0.05, 0) is 56.3 Å². The van der Waals surface area contributed by atoms with Gasteiger partial charge in [-0.15, -0.1) is 11.3 Å². The van der Waals surface area contributed by atoms with Gasteiger partial charge in [0, 0.05) is 22.5 Å². The number of amides is 1. The van der Waals surface area contributed by atoms with Gasteiger partial charge in [-0.25, -0.2) is 4.98 Å². The third-order valence-corrected chi connectivity index (χ3v) is 5.04. The highest BCUT2D eigenvalue weighted by atomic mass is 32.1. The van der Waals surface area contributed by atoms with Crippen LogP contribution in [0.25, 0.3) is 21.5 Å². The minimum Gasteiger partial charge on any atom is -0.322 e. The van der Waals surface area contributed by atoms with Crippen LogP contribution in [0.2, 0.25) is 0 Å². The van der Waals surface area contributed by atoms with Crippen LogP contribution in [-0.2, 0) is 0 Å². The van der Waals surface area contributed by atoms with E-state index in [9.17, 15) is 4.79 Å². The van der Waals surface area contributed by atoms with E-state index in [1.165, 1.54) is 0 Å². The molecule has 0 saturated heterocycles. The first-order chi connectivity index (χ1) is 12.6. The second kappa shape index (κ2) is 6.69. The van der Waals surface area contributed by atoms with Gasteiger partial charge >= 0.3 is 0 Å². The zero-order valence-electron chi connectivity index (χ0n) is 14.5. The fourth-order valence-electron chi connectivity index (χ4n) is 2.82. The Hall–Kier alpha value is -3.05. The highest BCUT2D eigenvalue weighted by Crippen LogP contribution is 2.25. The number of fused-ring (bicyclic) bond motifs is 1. The second-order valence-electron chi connectivity index (χ2n) is 6.11. The molecule has 128 valence electrons. The van der Waals surface area contributed by atoms with E-state index >= 15 is 0 Å². The molecular formula is C21H17N3OS. The van der Waals surface area contributed by atoms with Gasteiger partial charge in [0.2, 0.25) is 0 Å². The van der Waals surface area contributed by atoms with Crippen LogP contribution < -0.4 is 5.32 Å². The molecule has 0 fully saturated rings. The minimum absolute atomic E-state index is 0.139. The number of thiazole rings is 1. The summed E-state index contributed by atoms with van der Waals surface area (Å²) in [5, 5.41) is 3.96. The minimum atomic E-state index is -0.139. The number of nitrogens with zero attached hydrogens (tertiary/aromatic N) is 2. The Kier molecular flexibility index (Phi) is 4.22. The lowest BCUT2D eigenvalue weighted by atomic mass is 10.1. The average Bonchev–Trinajstić information content (AvgIpc) is 3.01. The maximum Gasteiger partial charge on any atom is 0.255 e. The molecule has 0 spiro atoms. The average molecular weight is 359 g/mol. The van der Waals surface area contributed by atoms with Crippen LogP contribution in [0.15, 0.2) is 60.7 Å². The summed E-state index contributed by atoms with van der Waals surface area (Å²) in [5.41, 5.74) is 5.13. The molecule has 0 saturated carbocycles. The van der Waals surface area contributed by atoms with Crippen molar-refractivity contribution >= 4 is 33.1 Å². The molecule has 26 heavy (non-hydrogen) atoms. The number of nitrogens with one attached hydrogen (secondary N) is 1. The van der Waals surface area contributed by atoms with Gasteiger partial charge in [-0.3, -0.25) is 9.78 Å². The van der Waals surface area contributed by atoms with Crippen LogP contribution >= 0.6 is 11.3 Å². The van der Waals surface area contributed by atoms with Gasteiger partial charge in [-0.2, -0.15) is 0 Å². The van der Waals surface area contributed by atoms with Crippen LogP contribution in [0.5, 0.6) is 0 Å². The Morgan fingerprint density at radius 2 is 1.77 bits per heavy atom. The zero-order valence-corrected chi connectivity index (χ0v) is 15.3. The van der Waals surface area contributed by atoms with E-state index in [2.05, 4.69) is 15.3 Å². The molecule has 0 unspecified atom stereocenters. The van der Waals surface area contributed by atoms with E-state index in [0.717, 1.165) is 37.9 Å². The first kappa shape index (κ1) is 16.4. The van der Waals surface area contributed by atoms with E-state index in [0.29, 0.717) is 5.56 Å². The standard InChI is InChI=1S/C21H17N3OS/c1-13-4-3-5-18(22-13)15-6-8-16(9-7-15)21(25)24-17-10-11-20-19(12-17)23-14(2)26-20/h3-12H,1-2H3,(H,24,25). The molecule has 4 rings (SSSR count). The van der Waals surface area contributed by atoms with E-state index in [4.69, 9.17) is 0 Å². The van der Waals surface area contributed by atoms with E-state index in [-0.39, 0.29) is 5.91 Å². The zero-order chi connectivity index (χ0) is 18.1. The molecule has 0 aliphatic carbocycles. The van der Waals surface area contributed by atoms with Gasteiger partial charge in [0.1, 0.15) is 0 Å². The molecule has 0 radical (unpaired) electrons. The summed E-state index contributed by atoms with van der Waals surface area (Å²) < 4.78 is 1.12. The van der Waals surface area contributed by atoms with Gasteiger partial charge in [-0.1, -0.05) is 18.2 Å². The first-order valence-corrected chi connectivity index (χ1v) is 9.13. The lowest BCUT2D eigenvalue weighted by molar-refractivity contribution is 0.102. The Morgan fingerprint density at radius 1 is 0.962 bits per heavy atom. The van der Waals surface area contributed by atoms with Gasteiger partial charge in [0.05, 0.1) is 20.9 Å². The number of hydrogen-bond acceptors (Lipinski definition) is 4. The smallest absolute Gasteiger partial charge is 0.255 e. The molecule has 4 nitrogen and oxygen atoms in total. The Balaban J connectivity index is 1.53. The second-order valence-corrected chi connectivity index (χ2v) is 7.35. The number of carbonyl (C=O) groups excluding carboxylic acids is 1.